The van der Waals surface area contributed by atoms with Crippen molar-refractivity contribution in [3.8, 4) is 33.4 Å². The predicted molar refractivity (Wildman–Crippen MR) is 243 cm³/mol. The van der Waals surface area contributed by atoms with Crippen LogP contribution in [0.15, 0.2) is 212 Å². The molecule has 11 rings (SSSR count). The average molecular weight is 730 g/mol. The number of rotatable bonds is 6. The van der Waals surface area contributed by atoms with Crippen LogP contribution in [0.2, 0.25) is 0 Å². The van der Waals surface area contributed by atoms with E-state index >= 15 is 0 Å². The maximum Gasteiger partial charge on any atom is 0.0640 e. The zero-order valence-electron chi connectivity index (χ0n) is 30.6. The molecule has 0 radical (unpaired) electrons. The Kier molecular flexibility index (Phi) is 7.75. The molecular weight excluding hydrogens is 695 g/mol. The minimum Gasteiger partial charge on any atom is -0.309 e. The lowest BCUT2D eigenvalue weighted by molar-refractivity contribution is 1.30. The van der Waals surface area contributed by atoms with E-state index in [4.69, 9.17) is 0 Å². The number of thiophene rings is 1. The molecule has 1 heterocycles. The summed E-state index contributed by atoms with van der Waals surface area (Å²) >= 11 is 1.88. The van der Waals surface area contributed by atoms with E-state index in [0.717, 1.165) is 11.4 Å². The maximum atomic E-state index is 2.45. The molecule has 0 fully saturated rings. The van der Waals surface area contributed by atoms with Crippen LogP contribution in [0, 0.1) is 0 Å². The standard InChI is InChI=1S/C54H35NS/c1-2-12-36(13-3-1)37-24-26-38(27-25-37)39-28-30-44(31-29-39)55(52-23-11-22-49-51-33-40-14-4-5-15-41(40)35-53(51)56-54(49)52)45-18-10-17-42(32-45)50-34-43-16-6-7-19-46(43)47-20-8-9-21-48(47)50/h1-35H. The third kappa shape index (κ3) is 5.54. The number of hydrogen-bond donors (Lipinski definition) is 0. The second kappa shape index (κ2) is 13.4. The fourth-order valence-corrected chi connectivity index (χ4v) is 9.70. The van der Waals surface area contributed by atoms with Crippen molar-refractivity contribution in [3.63, 3.8) is 0 Å². The molecule has 56 heavy (non-hydrogen) atoms. The first-order valence-electron chi connectivity index (χ1n) is 19.2. The van der Waals surface area contributed by atoms with Gasteiger partial charge in [0.25, 0.3) is 0 Å². The minimum atomic E-state index is 1.12. The number of benzene rings is 10. The molecule has 262 valence electrons. The zero-order valence-corrected chi connectivity index (χ0v) is 31.4. The summed E-state index contributed by atoms with van der Waals surface area (Å²) < 4.78 is 2.58. The molecule has 0 atom stereocenters. The summed E-state index contributed by atoms with van der Waals surface area (Å²) in [5.74, 6) is 0. The first-order valence-corrected chi connectivity index (χ1v) is 20.0. The maximum absolute atomic E-state index is 2.45. The predicted octanol–water partition coefficient (Wildman–Crippen LogP) is 16.0. The number of fused-ring (bicyclic) bond motifs is 7. The quantitative estimate of drug-likeness (QED) is 0.154. The van der Waals surface area contributed by atoms with Gasteiger partial charge in [-0.3, -0.25) is 0 Å². The molecule has 10 aromatic carbocycles. The molecule has 1 nitrogen and oxygen atoms in total. The van der Waals surface area contributed by atoms with E-state index in [0.29, 0.717) is 0 Å². The van der Waals surface area contributed by atoms with Crippen LogP contribution in [0.1, 0.15) is 0 Å². The highest BCUT2D eigenvalue weighted by atomic mass is 32.1. The van der Waals surface area contributed by atoms with Crippen LogP contribution in [-0.2, 0) is 0 Å². The Morgan fingerprint density at radius 2 is 0.857 bits per heavy atom. The van der Waals surface area contributed by atoms with Crippen LogP contribution in [0.3, 0.4) is 0 Å². The summed E-state index contributed by atoms with van der Waals surface area (Å²) in [6, 6.07) is 77.7. The van der Waals surface area contributed by atoms with Crippen molar-refractivity contribution in [1.29, 1.82) is 0 Å². The van der Waals surface area contributed by atoms with E-state index in [1.54, 1.807) is 0 Å². The fraction of sp³-hybridized carbons (Fsp3) is 0. The summed E-state index contributed by atoms with van der Waals surface area (Å²) in [7, 11) is 0. The molecule has 0 unspecified atom stereocenters. The van der Waals surface area contributed by atoms with E-state index in [2.05, 4.69) is 217 Å². The Labute approximate surface area is 330 Å². The van der Waals surface area contributed by atoms with Gasteiger partial charge in [0.15, 0.2) is 0 Å². The lowest BCUT2D eigenvalue weighted by Crippen LogP contribution is -2.10. The molecule has 11 aromatic rings. The highest BCUT2D eigenvalue weighted by molar-refractivity contribution is 7.26. The van der Waals surface area contributed by atoms with E-state index in [-0.39, 0.29) is 0 Å². The highest BCUT2D eigenvalue weighted by Gasteiger charge is 2.20. The van der Waals surface area contributed by atoms with Gasteiger partial charge in [-0.05, 0) is 114 Å². The largest absolute Gasteiger partial charge is 0.309 e. The summed E-state index contributed by atoms with van der Waals surface area (Å²) in [6.07, 6.45) is 0. The van der Waals surface area contributed by atoms with Crippen molar-refractivity contribution in [2.75, 3.05) is 4.90 Å². The van der Waals surface area contributed by atoms with Gasteiger partial charge >= 0.3 is 0 Å². The highest BCUT2D eigenvalue weighted by Crippen LogP contribution is 2.47. The van der Waals surface area contributed by atoms with Crippen LogP contribution in [0.25, 0.3) is 85.9 Å². The second-order valence-electron chi connectivity index (χ2n) is 14.5. The SMILES string of the molecule is c1ccc(-c2ccc(-c3ccc(N(c4cccc(-c5cc6ccccc6c6ccccc56)c4)c4cccc5c4sc4cc6ccccc6cc45)cc3)cc2)cc1. The van der Waals surface area contributed by atoms with Crippen molar-refractivity contribution in [1.82, 2.24) is 0 Å². The third-order valence-electron chi connectivity index (χ3n) is 11.2. The van der Waals surface area contributed by atoms with Crippen LogP contribution in [0.4, 0.5) is 17.1 Å². The van der Waals surface area contributed by atoms with Crippen LogP contribution < -0.4 is 4.90 Å². The van der Waals surface area contributed by atoms with Gasteiger partial charge in [-0.15, -0.1) is 11.3 Å². The smallest absolute Gasteiger partial charge is 0.0640 e. The lowest BCUT2D eigenvalue weighted by atomic mass is 9.93. The Bertz CT molecular complexity index is 3230. The molecule has 0 N–H and O–H groups in total. The number of hydrogen-bond acceptors (Lipinski definition) is 2. The molecule has 0 saturated carbocycles. The van der Waals surface area contributed by atoms with Gasteiger partial charge in [-0.2, -0.15) is 0 Å². The van der Waals surface area contributed by atoms with Gasteiger partial charge in [-0.1, -0.05) is 164 Å². The van der Waals surface area contributed by atoms with Crippen molar-refractivity contribution >= 4 is 80.9 Å². The summed E-state index contributed by atoms with van der Waals surface area (Å²) in [6.45, 7) is 0. The normalized spacial score (nSPS) is 11.6. The monoisotopic (exact) mass is 729 g/mol. The van der Waals surface area contributed by atoms with Crippen LogP contribution >= 0.6 is 11.3 Å². The lowest BCUT2D eigenvalue weighted by Gasteiger charge is -2.27. The Morgan fingerprint density at radius 1 is 0.304 bits per heavy atom. The molecule has 0 saturated heterocycles. The minimum absolute atomic E-state index is 1.12. The van der Waals surface area contributed by atoms with Crippen molar-refractivity contribution in [3.05, 3.63) is 212 Å². The average Bonchev–Trinajstić information content (AvgIpc) is 3.64. The first kappa shape index (κ1) is 32.4. The molecule has 0 aliphatic carbocycles. The van der Waals surface area contributed by atoms with Gasteiger partial charge in [-0.25, -0.2) is 0 Å². The number of anilines is 3. The first-order chi connectivity index (χ1) is 27.7. The molecule has 0 spiro atoms. The van der Waals surface area contributed by atoms with Crippen molar-refractivity contribution in [2.24, 2.45) is 0 Å². The Morgan fingerprint density at radius 3 is 1.61 bits per heavy atom. The molecule has 1 aromatic heterocycles. The molecule has 0 aliphatic heterocycles. The Balaban J connectivity index is 1.08. The van der Waals surface area contributed by atoms with Gasteiger partial charge in [0.1, 0.15) is 0 Å². The second-order valence-corrected chi connectivity index (χ2v) is 15.6. The van der Waals surface area contributed by atoms with Gasteiger partial charge < -0.3 is 4.90 Å². The van der Waals surface area contributed by atoms with Crippen molar-refractivity contribution < 1.29 is 0 Å². The molecular formula is C54H35NS. The van der Waals surface area contributed by atoms with Crippen LogP contribution in [0.5, 0.6) is 0 Å². The molecule has 0 bridgehead atoms. The van der Waals surface area contributed by atoms with E-state index in [9.17, 15) is 0 Å². The molecule has 2 heteroatoms. The van der Waals surface area contributed by atoms with Gasteiger partial charge in [0.2, 0.25) is 0 Å². The van der Waals surface area contributed by atoms with E-state index in [1.807, 2.05) is 11.3 Å². The summed E-state index contributed by atoms with van der Waals surface area (Å²) in [4.78, 5) is 2.45. The topological polar surface area (TPSA) is 3.24 Å². The van der Waals surface area contributed by atoms with Gasteiger partial charge in [0, 0.05) is 26.8 Å². The van der Waals surface area contributed by atoms with Gasteiger partial charge in [0.05, 0.1) is 10.4 Å². The summed E-state index contributed by atoms with van der Waals surface area (Å²) in [5, 5.41) is 10.2. The van der Waals surface area contributed by atoms with Crippen molar-refractivity contribution in [2.45, 2.75) is 0 Å². The summed E-state index contributed by atoms with van der Waals surface area (Å²) in [5.41, 5.74) is 10.7. The third-order valence-corrected chi connectivity index (χ3v) is 12.4. The Hall–Kier alpha value is -7.00. The number of nitrogens with zero attached hydrogens (tertiary/aromatic N) is 1. The van der Waals surface area contributed by atoms with E-state index in [1.165, 1.54) is 91.6 Å². The fourth-order valence-electron chi connectivity index (χ4n) is 8.47. The van der Waals surface area contributed by atoms with Crippen LogP contribution in [-0.4, -0.2) is 0 Å². The zero-order chi connectivity index (χ0) is 37.0. The van der Waals surface area contributed by atoms with E-state index < -0.39 is 0 Å². The molecule has 0 aliphatic rings. The molecule has 0 amide bonds.